The summed E-state index contributed by atoms with van der Waals surface area (Å²) in [6, 6.07) is 9.62. The van der Waals surface area contributed by atoms with Gasteiger partial charge in [-0.25, -0.2) is 9.78 Å². The van der Waals surface area contributed by atoms with Crippen LogP contribution < -0.4 is 10.2 Å². The Kier molecular flexibility index (Phi) is 4.39. The standard InChI is InChI=1S/C19H20ClN5O2/c1-11(13-5-4-6-14(9-13)25-7-8-27-19(25)26)21-16-10-15(20)17-12(2)23-24(3)18(17)22-16/h4-6,9-11H,7-8H2,1-3H3,(H,21,22). The van der Waals surface area contributed by atoms with Gasteiger partial charge in [0.25, 0.3) is 0 Å². The number of pyridine rings is 1. The van der Waals surface area contributed by atoms with Gasteiger partial charge < -0.3 is 10.1 Å². The SMILES string of the molecule is Cc1nn(C)c2nc(NC(C)c3cccc(N4CCOC4=O)c3)cc(Cl)c12. The Hall–Kier alpha value is -2.80. The molecule has 1 aliphatic heterocycles. The number of ether oxygens (including phenoxy) is 1. The second-order valence-electron chi connectivity index (χ2n) is 6.62. The topological polar surface area (TPSA) is 72.3 Å². The van der Waals surface area contributed by atoms with Gasteiger partial charge in [-0.15, -0.1) is 0 Å². The van der Waals surface area contributed by atoms with E-state index in [1.54, 1.807) is 9.58 Å². The van der Waals surface area contributed by atoms with Crippen molar-refractivity contribution in [3.63, 3.8) is 0 Å². The summed E-state index contributed by atoms with van der Waals surface area (Å²) in [4.78, 5) is 18.1. The molecule has 140 valence electrons. The predicted octanol–water partition coefficient (Wildman–Crippen LogP) is 4.06. The second kappa shape index (κ2) is 6.74. The highest BCUT2D eigenvalue weighted by Gasteiger charge is 2.24. The summed E-state index contributed by atoms with van der Waals surface area (Å²) in [5.41, 5.74) is 3.46. The summed E-state index contributed by atoms with van der Waals surface area (Å²) in [5, 5.41) is 9.26. The Labute approximate surface area is 161 Å². The minimum atomic E-state index is -0.307. The van der Waals surface area contributed by atoms with Crippen LogP contribution in [0.25, 0.3) is 11.0 Å². The summed E-state index contributed by atoms with van der Waals surface area (Å²) in [5.74, 6) is 0.675. The van der Waals surface area contributed by atoms with E-state index in [4.69, 9.17) is 16.3 Å². The molecule has 1 amide bonds. The van der Waals surface area contributed by atoms with E-state index in [1.807, 2.05) is 51.2 Å². The van der Waals surface area contributed by atoms with Crippen LogP contribution in [0.3, 0.4) is 0 Å². The van der Waals surface area contributed by atoms with Crippen molar-refractivity contribution >= 4 is 40.2 Å². The van der Waals surface area contributed by atoms with Crippen LogP contribution in [0.2, 0.25) is 5.02 Å². The fourth-order valence-electron chi connectivity index (χ4n) is 3.36. The predicted molar refractivity (Wildman–Crippen MR) is 105 cm³/mol. The molecule has 0 bridgehead atoms. The number of rotatable bonds is 4. The normalized spacial score (nSPS) is 15.3. The largest absolute Gasteiger partial charge is 0.447 e. The van der Waals surface area contributed by atoms with Crippen LogP contribution in [0.4, 0.5) is 16.3 Å². The lowest BCUT2D eigenvalue weighted by Gasteiger charge is -2.18. The number of fused-ring (bicyclic) bond motifs is 1. The van der Waals surface area contributed by atoms with Crippen molar-refractivity contribution in [3.8, 4) is 0 Å². The van der Waals surface area contributed by atoms with Gasteiger partial charge in [0.05, 0.1) is 28.7 Å². The summed E-state index contributed by atoms with van der Waals surface area (Å²) in [6.07, 6.45) is -0.307. The van der Waals surface area contributed by atoms with Crippen molar-refractivity contribution in [1.29, 1.82) is 0 Å². The zero-order chi connectivity index (χ0) is 19.1. The molecule has 27 heavy (non-hydrogen) atoms. The van der Waals surface area contributed by atoms with Gasteiger partial charge in [-0.2, -0.15) is 5.10 Å². The number of hydrogen-bond acceptors (Lipinski definition) is 5. The Morgan fingerprint density at radius 2 is 2.15 bits per heavy atom. The van der Waals surface area contributed by atoms with Crippen LogP contribution in [-0.4, -0.2) is 34.0 Å². The van der Waals surface area contributed by atoms with Gasteiger partial charge in [-0.3, -0.25) is 9.58 Å². The summed E-state index contributed by atoms with van der Waals surface area (Å²) in [7, 11) is 1.85. The maximum atomic E-state index is 11.8. The molecule has 1 aliphatic rings. The summed E-state index contributed by atoms with van der Waals surface area (Å²) < 4.78 is 6.75. The van der Waals surface area contributed by atoms with Gasteiger partial charge >= 0.3 is 6.09 Å². The van der Waals surface area contributed by atoms with Crippen molar-refractivity contribution in [2.75, 3.05) is 23.4 Å². The van der Waals surface area contributed by atoms with Crippen molar-refractivity contribution in [2.45, 2.75) is 19.9 Å². The van der Waals surface area contributed by atoms with Crippen LogP contribution in [0.5, 0.6) is 0 Å². The van der Waals surface area contributed by atoms with E-state index in [1.165, 1.54) is 0 Å². The van der Waals surface area contributed by atoms with E-state index in [-0.39, 0.29) is 12.1 Å². The average molecular weight is 386 g/mol. The number of hydrogen-bond donors (Lipinski definition) is 1. The third-order valence-corrected chi connectivity index (χ3v) is 5.03. The number of nitrogens with one attached hydrogen (secondary N) is 1. The molecule has 8 heteroatoms. The van der Waals surface area contributed by atoms with Gasteiger partial charge in [0.1, 0.15) is 12.4 Å². The van der Waals surface area contributed by atoms with Crippen molar-refractivity contribution in [2.24, 2.45) is 7.05 Å². The fourth-order valence-corrected chi connectivity index (χ4v) is 3.69. The molecule has 0 aliphatic carbocycles. The molecular weight excluding hydrogens is 366 g/mol. The molecule has 3 aromatic rings. The number of aryl methyl sites for hydroxylation is 2. The molecule has 1 N–H and O–H groups in total. The Balaban J connectivity index is 1.61. The van der Waals surface area contributed by atoms with Gasteiger partial charge in [0, 0.05) is 12.7 Å². The number of halogens is 1. The molecule has 1 aromatic carbocycles. The van der Waals surface area contributed by atoms with Gasteiger partial charge in [0.15, 0.2) is 5.65 Å². The van der Waals surface area contributed by atoms with E-state index >= 15 is 0 Å². The Morgan fingerprint density at radius 3 is 2.89 bits per heavy atom. The molecule has 0 spiro atoms. The number of amides is 1. The maximum absolute atomic E-state index is 11.8. The molecule has 1 saturated heterocycles. The monoisotopic (exact) mass is 385 g/mol. The molecule has 7 nitrogen and oxygen atoms in total. The van der Waals surface area contributed by atoms with Crippen molar-refractivity contribution in [1.82, 2.24) is 14.8 Å². The van der Waals surface area contributed by atoms with Crippen LogP contribution in [0, 0.1) is 6.92 Å². The molecule has 1 fully saturated rings. The number of anilines is 2. The zero-order valence-corrected chi connectivity index (χ0v) is 16.1. The minimum Gasteiger partial charge on any atom is -0.447 e. The quantitative estimate of drug-likeness (QED) is 0.733. The van der Waals surface area contributed by atoms with Crippen LogP contribution >= 0.6 is 11.6 Å². The number of aromatic nitrogens is 3. The number of benzene rings is 1. The van der Waals surface area contributed by atoms with E-state index in [2.05, 4.69) is 15.4 Å². The summed E-state index contributed by atoms with van der Waals surface area (Å²) >= 11 is 6.45. The number of nitrogens with zero attached hydrogens (tertiary/aromatic N) is 4. The summed E-state index contributed by atoms with van der Waals surface area (Å²) in [6.45, 7) is 4.94. The third-order valence-electron chi connectivity index (χ3n) is 4.73. The van der Waals surface area contributed by atoms with Crippen LogP contribution in [0.1, 0.15) is 24.2 Å². The number of cyclic esters (lactones) is 1. The third kappa shape index (κ3) is 3.19. The van der Waals surface area contributed by atoms with Crippen molar-refractivity contribution < 1.29 is 9.53 Å². The lowest BCUT2D eigenvalue weighted by atomic mass is 10.1. The first kappa shape index (κ1) is 17.6. The molecule has 0 saturated carbocycles. The highest BCUT2D eigenvalue weighted by atomic mass is 35.5. The first-order valence-corrected chi connectivity index (χ1v) is 9.12. The Morgan fingerprint density at radius 1 is 1.33 bits per heavy atom. The molecule has 4 rings (SSSR count). The van der Waals surface area contributed by atoms with E-state index in [9.17, 15) is 4.79 Å². The number of carbonyl (C=O) groups is 1. The van der Waals surface area contributed by atoms with Gasteiger partial charge in [-0.05, 0) is 37.6 Å². The van der Waals surface area contributed by atoms with E-state index < -0.39 is 0 Å². The maximum Gasteiger partial charge on any atom is 0.414 e. The van der Waals surface area contributed by atoms with Gasteiger partial charge in [0.2, 0.25) is 0 Å². The molecule has 2 aromatic heterocycles. The zero-order valence-electron chi connectivity index (χ0n) is 15.4. The molecule has 3 heterocycles. The van der Waals surface area contributed by atoms with E-state index in [0.717, 1.165) is 28.0 Å². The van der Waals surface area contributed by atoms with Crippen molar-refractivity contribution in [3.05, 3.63) is 46.6 Å². The Bertz CT molecular complexity index is 1030. The minimum absolute atomic E-state index is 0.0288. The van der Waals surface area contributed by atoms with Gasteiger partial charge in [-0.1, -0.05) is 23.7 Å². The second-order valence-corrected chi connectivity index (χ2v) is 7.03. The van der Waals surface area contributed by atoms with Crippen LogP contribution in [-0.2, 0) is 11.8 Å². The van der Waals surface area contributed by atoms with Crippen LogP contribution in [0.15, 0.2) is 30.3 Å². The highest BCUT2D eigenvalue weighted by molar-refractivity contribution is 6.35. The fraction of sp³-hybridized carbons (Fsp3) is 0.316. The van der Waals surface area contributed by atoms with E-state index in [0.29, 0.717) is 24.0 Å². The lowest BCUT2D eigenvalue weighted by Crippen LogP contribution is -2.23. The molecular formula is C19H20ClN5O2. The molecule has 0 radical (unpaired) electrons. The first-order chi connectivity index (χ1) is 12.9. The molecule has 1 atom stereocenters. The smallest absolute Gasteiger partial charge is 0.414 e. The lowest BCUT2D eigenvalue weighted by molar-refractivity contribution is 0.181. The number of carbonyl (C=O) groups excluding carboxylic acids is 1. The first-order valence-electron chi connectivity index (χ1n) is 8.74. The average Bonchev–Trinajstić information content (AvgIpc) is 3.18. The highest BCUT2D eigenvalue weighted by Crippen LogP contribution is 2.30. The molecule has 1 unspecified atom stereocenters.